The van der Waals surface area contributed by atoms with Gasteiger partial charge in [0.05, 0.1) is 6.61 Å². The number of hydrogen-bond donors (Lipinski definition) is 1. The number of carbonyl (C=O) groups is 1. The van der Waals surface area contributed by atoms with Crippen LogP contribution in [0.2, 0.25) is 0 Å². The highest BCUT2D eigenvalue weighted by molar-refractivity contribution is 7.16. The van der Waals surface area contributed by atoms with E-state index in [1.54, 1.807) is 0 Å². The third-order valence-electron chi connectivity index (χ3n) is 0.362. The fourth-order valence-electron chi connectivity index (χ4n) is 0.160. The first-order valence-corrected chi connectivity index (χ1v) is 2.71. The molecule has 0 aliphatic rings. The van der Waals surface area contributed by atoms with Crippen LogP contribution in [0.5, 0.6) is 0 Å². The van der Waals surface area contributed by atoms with Crippen LogP contribution in [-0.4, -0.2) is 18.9 Å². The standard InChI is InChI=1S/C3H8NO2P/c4-3(5)6-1-2-7/h1-2,7H2,(H2,4,5). The lowest BCUT2D eigenvalue weighted by Crippen LogP contribution is -2.13. The molecule has 0 heterocycles. The minimum absolute atomic E-state index is 0.389. The monoisotopic (exact) mass is 121 g/mol. The molecule has 0 aliphatic carbocycles. The van der Waals surface area contributed by atoms with Gasteiger partial charge in [0.2, 0.25) is 0 Å². The molecule has 0 bridgehead atoms. The van der Waals surface area contributed by atoms with Crippen LogP contribution in [0.25, 0.3) is 0 Å². The van der Waals surface area contributed by atoms with E-state index in [4.69, 9.17) is 0 Å². The van der Waals surface area contributed by atoms with Crippen LogP contribution in [0, 0.1) is 0 Å². The molecule has 1 amide bonds. The zero-order valence-corrected chi connectivity index (χ0v) is 5.04. The molecule has 4 heteroatoms. The molecule has 42 valence electrons. The Labute approximate surface area is 44.4 Å². The maximum atomic E-state index is 9.75. The fraction of sp³-hybridized carbons (Fsp3) is 0.667. The van der Waals surface area contributed by atoms with Gasteiger partial charge in [-0.1, -0.05) is 0 Å². The summed E-state index contributed by atoms with van der Waals surface area (Å²) in [5.41, 5.74) is 4.61. The van der Waals surface area contributed by atoms with Crippen LogP contribution in [0.15, 0.2) is 0 Å². The largest absolute Gasteiger partial charge is 0.449 e. The van der Waals surface area contributed by atoms with Crippen molar-refractivity contribution in [1.29, 1.82) is 0 Å². The van der Waals surface area contributed by atoms with Gasteiger partial charge < -0.3 is 10.5 Å². The van der Waals surface area contributed by atoms with Gasteiger partial charge in [0, 0.05) is 0 Å². The number of carbonyl (C=O) groups excluding carboxylic acids is 1. The fourth-order valence-corrected chi connectivity index (χ4v) is 0.277. The van der Waals surface area contributed by atoms with Gasteiger partial charge in [-0.25, -0.2) is 4.79 Å². The molecule has 0 aromatic heterocycles. The molecule has 1 unspecified atom stereocenters. The maximum absolute atomic E-state index is 9.75. The minimum atomic E-state index is -0.706. The quantitative estimate of drug-likeness (QED) is 0.521. The number of amides is 1. The third kappa shape index (κ3) is 5.70. The van der Waals surface area contributed by atoms with E-state index in [0.717, 1.165) is 6.16 Å². The molecule has 2 N–H and O–H groups in total. The highest BCUT2D eigenvalue weighted by Crippen LogP contribution is 1.79. The highest BCUT2D eigenvalue weighted by Gasteiger charge is 1.86. The lowest BCUT2D eigenvalue weighted by Gasteiger charge is -1.93. The second kappa shape index (κ2) is 3.88. The van der Waals surface area contributed by atoms with E-state index in [2.05, 4.69) is 19.7 Å². The van der Waals surface area contributed by atoms with Crippen molar-refractivity contribution in [3.63, 3.8) is 0 Å². The van der Waals surface area contributed by atoms with E-state index >= 15 is 0 Å². The summed E-state index contributed by atoms with van der Waals surface area (Å²) in [5, 5.41) is 0. The summed E-state index contributed by atoms with van der Waals surface area (Å²) in [5.74, 6) is 0. The van der Waals surface area contributed by atoms with Crippen LogP contribution >= 0.6 is 9.24 Å². The van der Waals surface area contributed by atoms with E-state index in [9.17, 15) is 4.79 Å². The summed E-state index contributed by atoms with van der Waals surface area (Å²) < 4.78 is 4.31. The second-order valence-electron chi connectivity index (χ2n) is 0.956. The lowest BCUT2D eigenvalue weighted by atomic mass is 10.8. The molecule has 7 heavy (non-hydrogen) atoms. The maximum Gasteiger partial charge on any atom is 0.404 e. The Kier molecular flexibility index (Phi) is 3.71. The van der Waals surface area contributed by atoms with Gasteiger partial charge in [-0.2, -0.15) is 0 Å². The lowest BCUT2D eigenvalue weighted by molar-refractivity contribution is 0.164. The summed E-state index contributed by atoms with van der Waals surface area (Å²) >= 11 is 0. The molecule has 0 radical (unpaired) electrons. The Morgan fingerprint density at radius 3 is 2.57 bits per heavy atom. The molecule has 0 aromatic carbocycles. The van der Waals surface area contributed by atoms with Crippen molar-refractivity contribution in [2.75, 3.05) is 12.8 Å². The van der Waals surface area contributed by atoms with Gasteiger partial charge in [0.15, 0.2) is 0 Å². The van der Waals surface area contributed by atoms with E-state index in [0.29, 0.717) is 6.61 Å². The van der Waals surface area contributed by atoms with E-state index in [1.165, 1.54) is 0 Å². The number of primary amides is 1. The molecule has 3 nitrogen and oxygen atoms in total. The van der Waals surface area contributed by atoms with Gasteiger partial charge in [-0.05, 0) is 6.16 Å². The van der Waals surface area contributed by atoms with Crippen molar-refractivity contribution in [1.82, 2.24) is 0 Å². The Hall–Kier alpha value is -0.300. The Bertz CT molecular complexity index is 66.0. The molecule has 0 aliphatic heterocycles. The summed E-state index contributed by atoms with van der Waals surface area (Å²) in [6.45, 7) is 0.389. The van der Waals surface area contributed by atoms with Crippen molar-refractivity contribution in [2.45, 2.75) is 0 Å². The average Bonchev–Trinajstić information content (AvgIpc) is 1.61. The molecule has 0 fully saturated rings. The van der Waals surface area contributed by atoms with Crippen molar-refractivity contribution in [2.24, 2.45) is 5.73 Å². The Balaban J connectivity index is 2.82. The predicted octanol–water partition coefficient (Wildman–Crippen LogP) is -0.0432. The number of hydrogen-bond acceptors (Lipinski definition) is 2. The number of nitrogens with two attached hydrogens (primary N) is 1. The van der Waals surface area contributed by atoms with Crippen molar-refractivity contribution >= 4 is 15.3 Å². The predicted molar refractivity (Wildman–Crippen MR) is 30.1 cm³/mol. The average molecular weight is 121 g/mol. The molecule has 1 atom stereocenters. The SMILES string of the molecule is NC(=O)OCCP. The normalized spacial score (nSPS) is 8.14. The van der Waals surface area contributed by atoms with Crippen LogP contribution in [0.4, 0.5) is 4.79 Å². The van der Waals surface area contributed by atoms with E-state index in [-0.39, 0.29) is 0 Å². The summed E-state index contributed by atoms with van der Waals surface area (Å²) in [4.78, 5) is 9.75. The first-order valence-electron chi connectivity index (χ1n) is 1.89. The van der Waals surface area contributed by atoms with Gasteiger partial charge in [0.1, 0.15) is 0 Å². The molecule has 0 saturated heterocycles. The number of rotatable bonds is 2. The Morgan fingerprint density at radius 1 is 1.86 bits per heavy atom. The van der Waals surface area contributed by atoms with Crippen LogP contribution < -0.4 is 5.73 Å². The summed E-state index contributed by atoms with van der Waals surface area (Å²) in [6.07, 6.45) is 0.0330. The summed E-state index contributed by atoms with van der Waals surface area (Å²) in [7, 11) is 2.41. The van der Waals surface area contributed by atoms with Gasteiger partial charge >= 0.3 is 6.09 Å². The summed E-state index contributed by atoms with van der Waals surface area (Å²) in [6, 6.07) is 0. The first kappa shape index (κ1) is 6.70. The van der Waals surface area contributed by atoms with Crippen molar-refractivity contribution in [3.05, 3.63) is 0 Å². The first-order chi connectivity index (χ1) is 3.27. The minimum Gasteiger partial charge on any atom is -0.449 e. The molecule has 0 rings (SSSR count). The van der Waals surface area contributed by atoms with Crippen molar-refractivity contribution in [3.8, 4) is 0 Å². The van der Waals surface area contributed by atoms with Crippen LogP contribution in [-0.2, 0) is 4.74 Å². The molecular formula is C3H8NO2P. The van der Waals surface area contributed by atoms with Gasteiger partial charge in [0.25, 0.3) is 0 Å². The van der Waals surface area contributed by atoms with Crippen LogP contribution in [0.3, 0.4) is 0 Å². The number of ether oxygens (including phenoxy) is 1. The second-order valence-corrected chi connectivity index (χ2v) is 1.53. The van der Waals surface area contributed by atoms with E-state index in [1.807, 2.05) is 0 Å². The third-order valence-corrected chi connectivity index (χ3v) is 0.598. The zero-order valence-electron chi connectivity index (χ0n) is 3.89. The molecule has 0 saturated carbocycles. The molecule has 0 aromatic rings. The Morgan fingerprint density at radius 2 is 2.43 bits per heavy atom. The smallest absolute Gasteiger partial charge is 0.404 e. The van der Waals surface area contributed by atoms with Gasteiger partial charge in [-0.15, -0.1) is 9.24 Å². The van der Waals surface area contributed by atoms with Crippen LogP contribution in [0.1, 0.15) is 0 Å². The zero-order chi connectivity index (χ0) is 5.70. The molecular weight excluding hydrogens is 113 g/mol. The highest BCUT2D eigenvalue weighted by atomic mass is 31.0. The topological polar surface area (TPSA) is 52.3 Å². The molecule has 0 spiro atoms. The van der Waals surface area contributed by atoms with Crippen molar-refractivity contribution < 1.29 is 9.53 Å². The van der Waals surface area contributed by atoms with Gasteiger partial charge in [-0.3, -0.25) is 0 Å². The van der Waals surface area contributed by atoms with E-state index < -0.39 is 6.09 Å².